The summed E-state index contributed by atoms with van der Waals surface area (Å²) in [4.78, 5) is 8.61. The van der Waals surface area contributed by atoms with Crippen LogP contribution in [0.3, 0.4) is 0 Å². The van der Waals surface area contributed by atoms with Crippen molar-refractivity contribution in [2.45, 2.75) is 13.3 Å². The van der Waals surface area contributed by atoms with Crippen LogP contribution in [0.2, 0.25) is 0 Å². The zero-order chi connectivity index (χ0) is 10.5. The van der Waals surface area contributed by atoms with E-state index in [1.807, 2.05) is 48.8 Å². The zero-order valence-corrected chi connectivity index (χ0v) is 8.72. The smallest absolute Gasteiger partial charge is 0.0476 e. The van der Waals surface area contributed by atoms with E-state index in [0.717, 1.165) is 17.8 Å². The van der Waals surface area contributed by atoms with E-state index in [2.05, 4.69) is 16.9 Å². The molecule has 0 bridgehead atoms. The second-order valence-electron chi connectivity index (χ2n) is 3.49. The highest BCUT2D eigenvalue weighted by atomic mass is 14.7. The number of pyridine rings is 2. The summed E-state index contributed by atoms with van der Waals surface area (Å²) in [6, 6.07) is 11.9. The summed E-state index contributed by atoms with van der Waals surface area (Å²) >= 11 is 0. The summed E-state index contributed by atoms with van der Waals surface area (Å²) < 4.78 is 0. The van der Waals surface area contributed by atoms with E-state index in [1.54, 1.807) is 0 Å². The van der Waals surface area contributed by atoms with Crippen molar-refractivity contribution in [3.8, 4) is 0 Å². The molecule has 15 heavy (non-hydrogen) atoms. The molecule has 0 amide bonds. The maximum Gasteiger partial charge on any atom is 0.0476 e. The summed E-state index contributed by atoms with van der Waals surface area (Å²) in [5, 5.41) is 0. The minimum absolute atomic E-state index is 0.859. The van der Waals surface area contributed by atoms with Gasteiger partial charge in [0, 0.05) is 36.1 Å². The van der Waals surface area contributed by atoms with E-state index in [4.69, 9.17) is 0 Å². The van der Waals surface area contributed by atoms with Gasteiger partial charge in [0.1, 0.15) is 0 Å². The predicted octanol–water partition coefficient (Wildman–Crippen LogP) is 2.66. The van der Waals surface area contributed by atoms with Crippen molar-refractivity contribution in [2.24, 2.45) is 0 Å². The molecule has 0 aliphatic carbocycles. The van der Waals surface area contributed by atoms with Gasteiger partial charge in [-0.25, -0.2) is 0 Å². The molecule has 2 rings (SSSR count). The first-order valence-corrected chi connectivity index (χ1v) is 5.00. The lowest BCUT2D eigenvalue weighted by Crippen LogP contribution is -2.02. The third-order valence-corrected chi connectivity index (χ3v) is 2.27. The fraction of sp³-hybridized carbons (Fsp3) is 0.154. The molecule has 0 saturated carbocycles. The van der Waals surface area contributed by atoms with Crippen LogP contribution in [0.25, 0.3) is 0 Å². The molecular formula is C13H13N2. The Morgan fingerprint density at radius 2 is 1.73 bits per heavy atom. The van der Waals surface area contributed by atoms with Gasteiger partial charge < -0.3 is 0 Å². The first-order chi connectivity index (χ1) is 7.36. The highest BCUT2D eigenvalue weighted by Crippen LogP contribution is 2.15. The maximum atomic E-state index is 4.31. The van der Waals surface area contributed by atoms with Gasteiger partial charge >= 0.3 is 0 Å². The molecule has 2 aromatic heterocycles. The quantitative estimate of drug-likeness (QED) is 0.756. The molecule has 0 unspecified atom stereocenters. The van der Waals surface area contributed by atoms with Crippen molar-refractivity contribution in [3.63, 3.8) is 0 Å². The van der Waals surface area contributed by atoms with Gasteiger partial charge in [0.2, 0.25) is 0 Å². The molecule has 75 valence electrons. The molecule has 2 nitrogen and oxygen atoms in total. The molecule has 0 N–H and O–H groups in total. The van der Waals surface area contributed by atoms with Gasteiger partial charge in [-0.05, 0) is 24.3 Å². The number of nitrogens with zero attached hydrogens (tertiary/aromatic N) is 2. The lowest BCUT2D eigenvalue weighted by Gasteiger charge is -2.08. The topological polar surface area (TPSA) is 25.8 Å². The van der Waals surface area contributed by atoms with E-state index in [1.165, 1.54) is 5.92 Å². The Balaban J connectivity index is 2.08. The van der Waals surface area contributed by atoms with Gasteiger partial charge in [-0.15, -0.1) is 0 Å². The van der Waals surface area contributed by atoms with E-state index < -0.39 is 0 Å². The Hall–Kier alpha value is -1.70. The van der Waals surface area contributed by atoms with Crippen molar-refractivity contribution in [2.75, 3.05) is 0 Å². The normalized spacial score (nSPS) is 10.5. The van der Waals surface area contributed by atoms with E-state index in [9.17, 15) is 0 Å². The minimum Gasteiger partial charge on any atom is -0.261 e. The van der Waals surface area contributed by atoms with Crippen molar-refractivity contribution < 1.29 is 0 Å². The molecule has 2 heteroatoms. The number of hydrogen-bond donors (Lipinski definition) is 0. The van der Waals surface area contributed by atoms with Crippen LogP contribution in [-0.4, -0.2) is 9.97 Å². The molecular weight excluding hydrogens is 184 g/mol. The van der Waals surface area contributed by atoms with Crippen molar-refractivity contribution >= 4 is 0 Å². The molecule has 0 atom stereocenters. The second kappa shape index (κ2) is 4.69. The van der Waals surface area contributed by atoms with E-state index >= 15 is 0 Å². The third kappa shape index (κ3) is 2.62. The van der Waals surface area contributed by atoms with Crippen LogP contribution in [0.5, 0.6) is 0 Å². The van der Waals surface area contributed by atoms with Gasteiger partial charge in [0.15, 0.2) is 0 Å². The lowest BCUT2D eigenvalue weighted by molar-refractivity contribution is 0.914. The fourth-order valence-electron chi connectivity index (χ4n) is 1.48. The summed E-state index contributed by atoms with van der Waals surface area (Å²) in [5.41, 5.74) is 2.13. The van der Waals surface area contributed by atoms with Crippen molar-refractivity contribution in [1.82, 2.24) is 9.97 Å². The molecule has 2 heterocycles. The van der Waals surface area contributed by atoms with Crippen LogP contribution in [0.4, 0.5) is 0 Å². The molecule has 0 saturated heterocycles. The average Bonchev–Trinajstić information content (AvgIpc) is 2.31. The van der Waals surface area contributed by atoms with Crippen LogP contribution in [0, 0.1) is 5.92 Å². The fourth-order valence-corrected chi connectivity index (χ4v) is 1.48. The van der Waals surface area contributed by atoms with E-state index in [0.29, 0.717) is 0 Å². The Bertz CT molecular complexity index is 397. The summed E-state index contributed by atoms with van der Waals surface area (Å²) in [6.07, 6.45) is 4.50. The van der Waals surface area contributed by atoms with Crippen molar-refractivity contribution in [3.05, 3.63) is 66.1 Å². The Kier molecular flexibility index (Phi) is 3.08. The van der Waals surface area contributed by atoms with Gasteiger partial charge in [-0.1, -0.05) is 19.1 Å². The highest BCUT2D eigenvalue weighted by molar-refractivity contribution is 5.24. The largest absolute Gasteiger partial charge is 0.261 e. The van der Waals surface area contributed by atoms with Gasteiger partial charge in [0.25, 0.3) is 0 Å². The molecule has 0 spiro atoms. The van der Waals surface area contributed by atoms with Crippen LogP contribution in [-0.2, 0) is 6.42 Å². The van der Waals surface area contributed by atoms with Gasteiger partial charge in [-0.3, -0.25) is 9.97 Å². The Morgan fingerprint density at radius 1 is 1.00 bits per heavy atom. The second-order valence-corrected chi connectivity index (χ2v) is 3.49. The SMILES string of the molecule is C[C](Cc1ccccn1)c1ccccn1. The lowest BCUT2D eigenvalue weighted by atomic mass is 10.0. The molecule has 0 fully saturated rings. The monoisotopic (exact) mass is 197 g/mol. The Labute approximate surface area is 90.0 Å². The Morgan fingerprint density at radius 3 is 2.33 bits per heavy atom. The first-order valence-electron chi connectivity index (χ1n) is 5.00. The maximum absolute atomic E-state index is 4.31. The summed E-state index contributed by atoms with van der Waals surface area (Å²) in [6.45, 7) is 2.09. The number of rotatable bonds is 3. The molecule has 0 aromatic carbocycles. The van der Waals surface area contributed by atoms with E-state index in [-0.39, 0.29) is 0 Å². The number of hydrogen-bond acceptors (Lipinski definition) is 2. The molecule has 0 aliphatic heterocycles. The average molecular weight is 197 g/mol. The van der Waals surface area contributed by atoms with Crippen LogP contribution in [0.15, 0.2) is 48.8 Å². The van der Waals surface area contributed by atoms with Crippen molar-refractivity contribution in [1.29, 1.82) is 0 Å². The van der Waals surface area contributed by atoms with Crippen LogP contribution >= 0.6 is 0 Å². The summed E-state index contributed by atoms with van der Waals surface area (Å²) in [5.74, 6) is 1.24. The minimum atomic E-state index is 0.859. The third-order valence-electron chi connectivity index (χ3n) is 2.27. The van der Waals surface area contributed by atoms with Crippen LogP contribution in [0.1, 0.15) is 18.3 Å². The highest BCUT2D eigenvalue weighted by Gasteiger charge is 2.08. The molecule has 2 aromatic rings. The molecule has 0 aliphatic rings. The number of aromatic nitrogens is 2. The van der Waals surface area contributed by atoms with Gasteiger partial charge in [0.05, 0.1) is 0 Å². The zero-order valence-electron chi connectivity index (χ0n) is 8.72. The first kappa shape index (κ1) is 9.84. The predicted molar refractivity (Wildman–Crippen MR) is 60.2 cm³/mol. The van der Waals surface area contributed by atoms with Crippen LogP contribution < -0.4 is 0 Å². The van der Waals surface area contributed by atoms with Gasteiger partial charge in [-0.2, -0.15) is 0 Å². The standard InChI is InChI=1S/C13H13N2/c1-11(13-7-3-5-9-15-13)10-12-6-2-4-8-14-12/h2-9H,10H2,1H3. The summed E-state index contributed by atoms with van der Waals surface area (Å²) in [7, 11) is 0. The molecule has 1 radical (unpaired) electrons.